The summed E-state index contributed by atoms with van der Waals surface area (Å²) < 4.78 is 0. The first-order valence-corrected chi connectivity index (χ1v) is 7.25. The Balaban J connectivity index is 1.72. The number of carbonyl (C=O) groups is 1. The predicted molar refractivity (Wildman–Crippen MR) is 71.5 cm³/mol. The average Bonchev–Trinajstić information content (AvgIpc) is 2.77. The number of piperidine rings is 1. The van der Waals surface area contributed by atoms with E-state index in [2.05, 4.69) is 29.2 Å². The number of para-hydroxylation sites is 1. The second kappa shape index (κ2) is 3.84. The summed E-state index contributed by atoms with van der Waals surface area (Å²) in [6, 6.07) is 8.91. The summed E-state index contributed by atoms with van der Waals surface area (Å²) in [4.78, 5) is 14.9. The van der Waals surface area contributed by atoms with Crippen molar-refractivity contribution in [3.05, 3.63) is 29.8 Å². The summed E-state index contributed by atoms with van der Waals surface area (Å²) in [6.45, 7) is 0. The molecule has 0 N–H and O–H groups in total. The number of fused-ring (bicyclic) bond motifs is 4. The molecule has 2 heteroatoms. The number of nitrogens with zero attached hydrogens (tertiary/aromatic N) is 1. The van der Waals surface area contributed by atoms with Gasteiger partial charge in [0.05, 0.1) is 0 Å². The molecule has 2 heterocycles. The van der Waals surface area contributed by atoms with E-state index in [1.165, 1.54) is 36.9 Å². The molecule has 2 aliphatic heterocycles. The van der Waals surface area contributed by atoms with E-state index in [1.54, 1.807) is 0 Å². The maximum atomic E-state index is 12.7. The average molecular weight is 241 g/mol. The van der Waals surface area contributed by atoms with Crippen LogP contribution in [0.25, 0.3) is 0 Å². The molecule has 1 aromatic rings. The molecule has 2 fully saturated rings. The van der Waals surface area contributed by atoms with Gasteiger partial charge in [0.2, 0.25) is 5.91 Å². The van der Waals surface area contributed by atoms with Crippen molar-refractivity contribution in [2.45, 2.75) is 44.6 Å². The van der Waals surface area contributed by atoms with Crippen LogP contribution < -0.4 is 4.90 Å². The van der Waals surface area contributed by atoms with E-state index >= 15 is 0 Å². The van der Waals surface area contributed by atoms with E-state index < -0.39 is 0 Å². The van der Waals surface area contributed by atoms with Gasteiger partial charge in [-0.3, -0.25) is 4.79 Å². The van der Waals surface area contributed by atoms with Crippen LogP contribution in [0.2, 0.25) is 0 Å². The van der Waals surface area contributed by atoms with Gasteiger partial charge in [-0.05, 0) is 43.2 Å². The molecule has 1 saturated carbocycles. The Morgan fingerprint density at radius 3 is 2.89 bits per heavy atom. The SMILES string of the molecule is O=C1[C@@H]2CCCC[C@H]2C[C@H]2Cc3ccccc3N12. The summed E-state index contributed by atoms with van der Waals surface area (Å²) in [5.74, 6) is 1.41. The molecule has 0 spiro atoms. The fourth-order valence-electron chi connectivity index (χ4n) is 4.29. The van der Waals surface area contributed by atoms with Gasteiger partial charge in [-0.15, -0.1) is 0 Å². The largest absolute Gasteiger partial charge is 0.309 e. The molecule has 1 saturated heterocycles. The molecule has 1 amide bonds. The Morgan fingerprint density at radius 1 is 1.11 bits per heavy atom. The zero-order chi connectivity index (χ0) is 12.1. The fraction of sp³-hybridized carbons (Fsp3) is 0.562. The lowest BCUT2D eigenvalue weighted by molar-refractivity contribution is -0.127. The third-order valence-electron chi connectivity index (χ3n) is 5.11. The topological polar surface area (TPSA) is 20.3 Å². The van der Waals surface area contributed by atoms with Crippen LogP contribution in [0.5, 0.6) is 0 Å². The third kappa shape index (κ3) is 1.38. The second-order valence-electron chi connectivity index (χ2n) is 6.08. The van der Waals surface area contributed by atoms with Crippen molar-refractivity contribution >= 4 is 11.6 Å². The van der Waals surface area contributed by atoms with Gasteiger partial charge >= 0.3 is 0 Å². The van der Waals surface area contributed by atoms with Crippen molar-refractivity contribution in [3.8, 4) is 0 Å². The predicted octanol–water partition coefficient (Wildman–Crippen LogP) is 3.15. The molecule has 3 aliphatic rings. The van der Waals surface area contributed by atoms with E-state index in [9.17, 15) is 4.79 Å². The minimum atomic E-state index is 0.321. The van der Waals surface area contributed by atoms with Crippen LogP contribution in [0.15, 0.2) is 24.3 Å². The van der Waals surface area contributed by atoms with Gasteiger partial charge in [-0.25, -0.2) is 0 Å². The van der Waals surface area contributed by atoms with E-state index in [-0.39, 0.29) is 0 Å². The van der Waals surface area contributed by atoms with Gasteiger partial charge in [0, 0.05) is 17.6 Å². The van der Waals surface area contributed by atoms with Gasteiger partial charge < -0.3 is 4.90 Å². The highest BCUT2D eigenvalue weighted by Crippen LogP contribution is 2.45. The molecule has 3 atom stereocenters. The zero-order valence-corrected chi connectivity index (χ0v) is 10.6. The van der Waals surface area contributed by atoms with Crippen LogP contribution in [0.3, 0.4) is 0 Å². The Bertz CT molecular complexity index is 496. The number of carbonyl (C=O) groups excluding carboxylic acids is 1. The molecular weight excluding hydrogens is 222 g/mol. The lowest BCUT2D eigenvalue weighted by Gasteiger charge is -2.42. The van der Waals surface area contributed by atoms with E-state index in [4.69, 9.17) is 0 Å². The Morgan fingerprint density at radius 2 is 1.94 bits per heavy atom. The zero-order valence-electron chi connectivity index (χ0n) is 10.6. The Labute approximate surface area is 108 Å². The molecule has 0 bridgehead atoms. The van der Waals surface area contributed by atoms with E-state index in [0.29, 0.717) is 23.8 Å². The van der Waals surface area contributed by atoms with E-state index in [0.717, 1.165) is 12.8 Å². The second-order valence-corrected chi connectivity index (χ2v) is 6.08. The van der Waals surface area contributed by atoms with Crippen molar-refractivity contribution in [2.24, 2.45) is 11.8 Å². The highest BCUT2D eigenvalue weighted by atomic mass is 16.2. The Kier molecular flexibility index (Phi) is 2.26. The Hall–Kier alpha value is -1.31. The summed E-state index contributed by atoms with van der Waals surface area (Å²) in [6.07, 6.45) is 7.27. The normalized spacial score (nSPS) is 33.9. The molecule has 4 rings (SSSR count). The van der Waals surface area contributed by atoms with Gasteiger partial charge in [-0.2, -0.15) is 0 Å². The molecule has 1 aliphatic carbocycles. The molecule has 1 aromatic carbocycles. The van der Waals surface area contributed by atoms with Crippen molar-refractivity contribution in [3.63, 3.8) is 0 Å². The number of anilines is 1. The molecule has 0 radical (unpaired) electrons. The maximum absolute atomic E-state index is 12.7. The third-order valence-corrected chi connectivity index (χ3v) is 5.11. The number of benzene rings is 1. The minimum Gasteiger partial charge on any atom is -0.309 e. The van der Waals surface area contributed by atoms with Gasteiger partial charge in [0.25, 0.3) is 0 Å². The van der Waals surface area contributed by atoms with Gasteiger partial charge in [0.15, 0.2) is 0 Å². The summed E-state index contributed by atoms with van der Waals surface area (Å²) in [5.41, 5.74) is 2.56. The van der Waals surface area contributed by atoms with Crippen LogP contribution in [0, 0.1) is 11.8 Å². The van der Waals surface area contributed by atoms with Crippen molar-refractivity contribution in [1.29, 1.82) is 0 Å². The smallest absolute Gasteiger partial charge is 0.230 e. The number of hydrogen-bond donors (Lipinski definition) is 0. The van der Waals surface area contributed by atoms with Crippen LogP contribution in [-0.2, 0) is 11.2 Å². The van der Waals surface area contributed by atoms with Crippen molar-refractivity contribution < 1.29 is 4.79 Å². The van der Waals surface area contributed by atoms with E-state index in [1.807, 2.05) is 0 Å². The molecule has 0 unspecified atom stereocenters. The van der Waals surface area contributed by atoms with Crippen molar-refractivity contribution in [1.82, 2.24) is 0 Å². The first-order chi connectivity index (χ1) is 8.84. The highest BCUT2D eigenvalue weighted by molar-refractivity contribution is 5.98. The quantitative estimate of drug-likeness (QED) is 0.683. The van der Waals surface area contributed by atoms with Crippen LogP contribution in [0.1, 0.15) is 37.7 Å². The fourth-order valence-corrected chi connectivity index (χ4v) is 4.29. The number of amides is 1. The number of rotatable bonds is 0. The standard InChI is InChI=1S/C16H19NO/c18-16-14-7-3-1-5-11(14)9-13-10-12-6-2-4-8-15(12)17(13)16/h2,4,6,8,11,13-14H,1,3,5,7,9-10H2/t11-,13-,14+/m0/s1. The summed E-state index contributed by atoms with van der Waals surface area (Å²) >= 11 is 0. The molecule has 2 nitrogen and oxygen atoms in total. The van der Waals surface area contributed by atoms with Crippen molar-refractivity contribution in [2.75, 3.05) is 4.90 Å². The van der Waals surface area contributed by atoms with Crippen LogP contribution in [-0.4, -0.2) is 11.9 Å². The van der Waals surface area contributed by atoms with Gasteiger partial charge in [-0.1, -0.05) is 31.0 Å². The monoisotopic (exact) mass is 241 g/mol. The molecule has 0 aromatic heterocycles. The minimum absolute atomic E-state index is 0.321. The lowest BCUT2D eigenvalue weighted by atomic mass is 9.72. The number of hydrogen-bond acceptors (Lipinski definition) is 1. The van der Waals surface area contributed by atoms with Gasteiger partial charge in [0.1, 0.15) is 0 Å². The molecular formula is C16H19NO. The first-order valence-electron chi connectivity index (χ1n) is 7.25. The molecule has 94 valence electrons. The summed E-state index contributed by atoms with van der Waals surface area (Å²) in [7, 11) is 0. The highest BCUT2D eigenvalue weighted by Gasteiger charge is 2.46. The lowest BCUT2D eigenvalue weighted by Crippen LogP contribution is -2.51. The maximum Gasteiger partial charge on any atom is 0.230 e. The van der Waals surface area contributed by atoms with Crippen LogP contribution >= 0.6 is 0 Å². The summed E-state index contributed by atoms with van der Waals surface area (Å²) in [5, 5.41) is 0. The molecule has 18 heavy (non-hydrogen) atoms. The first kappa shape index (κ1) is 10.6. The van der Waals surface area contributed by atoms with Crippen LogP contribution in [0.4, 0.5) is 5.69 Å².